The van der Waals surface area contributed by atoms with Gasteiger partial charge in [0.25, 0.3) is 11.8 Å². The second kappa shape index (κ2) is 7.02. The highest BCUT2D eigenvalue weighted by atomic mass is 32.1. The number of hydrogen-bond donors (Lipinski definition) is 2. The third-order valence-electron chi connectivity index (χ3n) is 3.93. The van der Waals surface area contributed by atoms with E-state index < -0.39 is 11.5 Å². The lowest BCUT2D eigenvalue weighted by Crippen LogP contribution is -2.46. The Labute approximate surface area is 148 Å². The normalized spacial score (nSPS) is 19.2. The van der Waals surface area contributed by atoms with E-state index in [-0.39, 0.29) is 18.9 Å². The molecule has 0 spiro atoms. The summed E-state index contributed by atoms with van der Waals surface area (Å²) in [6, 6.07) is 9.47. The van der Waals surface area contributed by atoms with Gasteiger partial charge in [0.1, 0.15) is 5.69 Å². The van der Waals surface area contributed by atoms with Crippen molar-refractivity contribution in [3.8, 4) is 0 Å². The highest BCUT2D eigenvalue weighted by Gasteiger charge is 2.45. The van der Waals surface area contributed by atoms with Gasteiger partial charge < -0.3 is 15.9 Å². The SMILES string of the molecule is Cc1nc(C(=O)NCC2=NOC(Cc3ccccc3)(C(N)=O)C2)cs1. The molecule has 0 fully saturated rings. The third-order valence-corrected chi connectivity index (χ3v) is 4.70. The van der Waals surface area contributed by atoms with Crippen LogP contribution in [0.25, 0.3) is 0 Å². The number of oxime groups is 1. The number of rotatable bonds is 6. The molecule has 2 aromatic rings. The Balaban J connectivity index is 1.62. The number of thiazole rings is 1. The number of hydrogen-bond acceptors (Lipinski definition) is 6. The molecule has 0 radical (unpaired) electrons. The standard InChI is InChI=1S/C17H18N4O3S/c1-11-20-14(10-25-11)15(22)19-9-13-8-17(16(18)23,24-21-13)7-12-5-3-2-4-6-12/h2-6,10H,7-9H2,1H3,(H2,18,23)(H,19,22). The molecular weight excluding hydrogens is 340 g/mol. The van der Waals surface area contributed by atoms with Crippen molar-refractivity contribution in [3.05, 3.63) is 52.0 Å². The molecule has 1 atom stereocenters. The van der Waals surface area contributed by atoms with Gasteiger partial charge in [0.15, 0.2) is 0 Å². The molecule has 3 N–H and O–H groups in total. The first-order valence-electron chi connectivity index (χ1n) is 7.76. The fourth-order valence-electron chi connectivity index (χ4n) is 2.62. The van der Waals surface area contributed by atoms with Crippen LogP contribution >= 0.6 is 11.3 Å². The Morgan fingerprint density at radius 3 is 2.76 bits per heavy atom. The number of primary amides is 1. The minimum absolute atomic E-state index is 0.180. The molecule has 2 amide bonds. The van der Waals surface area contributed by atoms with Gasteiger partial charge in [-0.05, 0) is 12.5 Å². The molecule has 0 aliphatic carbocycles. The van der Waals surface area contributed by atoms with Gasteiger partial charge in [0.2, 0.25) is 5.60 Å². The fraction of sp³-hybridized carbons (Fsp3) is 0.294. The van der Waals surface area contributed by atoms with E-state index in [1.165, 1.54) is 11.3 Å². The molecule has 0 saturated heterocycles. The Morgan fingerprint density at radius 1 is 1.36 bits per heavy atom. The topological polar surface area (TPSA) is 107 Å². The molecule has 130 valence electrons. The third kappa shape index (κ3) is 3.85. The molecule has 7 nitrogen and oxygen atoms in total. The van der Waals surface area contributed by atoms with Crippen molar-refractivity contribution in [2.24, 2.45) is 10.9 Å². The van der Waals surface area contributed by atoms with E-state index in [4.69, 9.17) is 10.6 Å². The number of nitrogens with one attached hydrogen (secondary N) is 1. The highest BCUT2D eigenvalue weighted by Crippen LogP contribution is 2.28. The van der Waals surface area contributed by atoms with Gasteiger partial charge in [0, 0.05) is 18.2 Å². The number of carbonyl (C=O) groups is 2. The van der Waals surface area contributed by atoms with E-state index in [0.717, 1.165) is 10.6 Å². The van der Waals surface area contributed by atoms with Gasteiger partial charge in [-0.3, -0.25) is 9.59 Å². The average Bonchev–Trinajstić information content (AvgIpc) is 3.21. The van der Waals surface area contributed by atoms with E-state index >= 15 is 0 Å². The number of benzene rings is 1. The minimum Gasteiger partial charge on any atom is -0.378 e. The summed E-state index contributed by atoms with van der Waals surface area (Å²) in [6.45, 7) is 2.01. The summed E-state index contributed by atoms with van der Waals surface area (Å²) < 4.78 is 0. The first-order valence-corrected chi connectivity index (χ1v) is 8.64. The number of aryl methyl sites for hydroxylation is 1. The van der Waals surface area contributed by atoms with Crippen LogP contribution in [0.1, 0.15) is 27.5 Å². The lowest BCUT2D eigenvalue weighted by molar-refractivity contribution is -0.140. The second-order valence-corrected chi connectivity index (χ2v) is 6.94. The van der Waals surface area contributed by atoms with Crippen LogP contribution in [0.5, 0.6) is 0 Å². The predicted octanol–water partition coefficient (Wildman–Crippen LogP) is 1.42. The summed E-state index contributed by atoms with van der Waals surface area (Å²) in [5, 5.41) is 9.21. The number of carbonyl (C=O) groups excluding carboxylic acids is 2. The minimum atomic E-state index is -1.21. The van der Waals surface area contributed by atoms with Crippen molar-refractivity contribution in [3.63, 3.8) is 0 Å². The zero-order valence-electron chi connectivity index (χ0n) is 13.7. The molecular formula is C17H18N4O3S. The molecule has 1 aromatic carbocycles. The fourth-order valence-corrected chi connectivity index (χ4v) is 3.21. The van der Waals surface area contributed by atoms with Crippen molar-refractivity contribution in [1.82, 2.24) is 10.3 Å². The van der Waals surface area contributed by atoms with E-state index in [1.54, 1.807) is 5.38 Å². The van der Waals surface area contributed by atoms with Crippen LogP contribution in [0.4, 0.5) is 0 Å². The molecule has 8 heteroatoms. The van der Waals surface area contributed by atoms with Crippen molar-refractivity contribution >= 4 is 28.9 Å². The molecule has 2 heterocycles. The smallest absolute Gasteiger partial charge is 0.271 e. The quantitative estimate of drug-likeness (QED) is 0.814. The number of amides is 2. The lowest BCUT2D eigenvalue weighted by atomic mass is 9.89. The van der Waals surface area contributed by atoms with E-state index in [0.29, 0.717) is 17.8 Å². The van der Waals surface area contributed by atoms with Crippen molar-refractivity contribution in [2.45, 2.75) is 25.4 Å². The van der Waals surface area contributed by atoms with Gasteiger partial charge in [-0.2, -0.15) is 0 Å². The molecule has 1 aliphatic heterocycles. The zero-order chi connectivity index (χ0) is 17.9. The van der Waals surface area contributed by atoms with Gasteiger partial charge in [0.05, 0.1) is 17.3 Å². The maximum atomic E-state index is 12.0. The maximum absolute atomic E-state index is 12.0. The summed E-state index contributed by atoms with van der Waals surface area (Å²) in [5.41, 5.74) is 6.21. The summed E-state index contributed by atoms with van der Waals surface area (Å²) in [6.07, 6.45) is 0.572. The van der Waals surface area contributed by atoms with E-state index in [2.05, 4.69) is 15.5 Å². The van der Waals surface area contributed by atoms with Gasteiger partial charge in [-0.1, -0.05) is 35.5 Å². The van der Waals surface area contributed by atoms with Crippen LogP contribution in [-0.2, 0) is 16.1 Å². The first kappa shape index (κ1) is 17.1. The summed E-state index contributed by atoms with van der Waals surface area (Å²) >= 11 is 1.41. The summed E-state index contributed by atoms with van der Waals surface area (Å²) in [4.78, 5) is 33.5. The molecule has 0 saturated carbocycles. The molecule has 3 rings (SSSR count). The van der Waals surface area contributed by atoms with Gasteiger partial charge in [-0.25, -0.2) is 4.98 Å². The largest absolute Gasteiger partial charge is 0.378 e. The number of aromatic nitrogens is 1. The highest BCUT2D eigenvalue weighted by molar-refractivity contribution is 7.09. The van der Waals surface area contributed by atoms with E-state index in [9.17, 15) is 9.59 Å². The Kier molecular flexibility index (Phi) is 4.80. The van der Waals surface area contributed by atoms with Crippen LogP contribution < -0.4 is 11.1 Å². The molecule has 1 aliphatic rings. The first-order chi connectivity index (χ1) is 12.0. The van der Waals surface area contributed by atoms with Crippen LogP contribution in [0.3, 0.4) is 0 Å². The molecule has 25 heavy (non-hydrogen) atoms. The van der Waals surface area contributed by atoms with Crippen molar-refractivity contribution in [2.75, 3.05) is 6.54 Å². The van der Waals surface area contributed by atoms with Crippen molar-refractivity contribution in [1.29, 1.82) is 0 Å². The van der Waals surface area contributed by atoms with Crippen LogP contribution in [0.15, 0.2) is 40.9 Å². The van der Waals surface area contributed by atoms with Gasteiger partial charge >= 0.3 is 0 Å². The van der Waals surface area contributed by atoms with Crippen molar-refractivity contribution < 1.29 is 14.4 Å². The Morgan fingerprint density at radius 2 is 2.12 bits per heavy atom. The van der Waals surface area contributed by atoms with E-state index in [1.807, 2.05) is 37.3 Å². The summed E-state index contributed by atoms with van der Waals surface area (Å²) in [7, 11) is 0. The second-order valence-electron chi connectivity index (χ2n) is 5.88. The van der Waals surface area contributed by atoms with Crippen LogP contribution in [-0.4, -0.2) is 34.7 Å². The Bertz CT molecular complexity index is 818. The lowest BCUT2D eigenvalue weighted by Gasteiger charge is -2.22. The number of nitrogens with two attached hydrogens (primary N) is 1. The van der Waals surface area contributed by atoms with Gasteiger partial charge in [-0.15, -0.1) is 11.3 Å². The van der Waals surface area contributed by atoms with Crippen LogP contribution in [0, 0.1) is 6.92 Å². The monoisotopic (exact) mass is 358 g/mol. The van der Waals surface area contributed by atoms with Crippen LogP contribution in [0.2, 0.25) is 0 Å². The maximum Gasteiger partial charge on any atom is 0.271 e. The molecule has 1 unspecified atom stereocenters. The molecule has 0 bridgehead atoms. The average molecular weight is 358 g/mol. The zero-order valence-corrected chi connectivity index (χ0v) is 14.5. The molecule has 1 aromatic heterocycles. The summed E-state index contributed by atoms with van der Waals surface area (Å²) in [5.74, 6) is -0.858. The number of nitrogens with zero attached hydrogens (tertiary/aromatic N) is 2. The Hall–Kier alpha value is -2.74. The predicted molar refractivity (Wildman–Crippen MR) is 94.4 cm³/mol.